The summed E-state index contributed by atoms with van der Waals surface area (Å²) >= 11 is 0. The fraction of sp³-hybridized carbons (Fsp3) is 0.316. The van der Waals surface area contributed by atoms with Gasteiger partial charge in [0.25, 0.3) is 5.91 Å². The number of carbonyl (C=O) groups is 1. The number of rotatable bonds is 3. The number of pyridine rings is 1. The molecule has 1 fully saturated rings. The number of carbonyl (C=O) groups excluding carboxylic acids is 1. The van der Waals surface area contributed by atoms with Crippen molar-refractivity contribution in [2.45, 2.75) is 32.6 Å². The average molecular weight is 338 g/mol. The Balaban J connectivity index is 1.81. The molecule has 0 bridgehead atoms. The van der Waals surface area contributed by atoms with Gasteiger partial charge in [0.15, 0.2) is 5.65 Å². The van der Waals surface area contributed by atoms with Crippen LogP contribution >= 0.6 is 0 Å². The summed E-state index contributed by atoms with van der Waals surface area (Å²) in [4.78, 5) is 17.6. The lowest BCUT2D eigenvalue weighted by atomic mass is 10.1. The molecule has 0 aliphatic heterocycles. The van der Waals surface area contributed by atoms with Crippen molar-refractivity contribution >= 4 is 22.6 Å². The summed E-state index contributed by atoms with van der Waals surface area (Å²) in [6.07, 6.45) is 2.19. The third-order valence-electron chi connectivity index (χ3n) is 4.68. The Morgan fingerprint density at radius 1 is 1.28 bits per heavy atom. The van der Waals surface area contributed by atoms with Crippen LogP contribution in [0.4, 0.5) is 10.1 Å². The van der Waals surface area contributed by atoms with Crippen LogP contribution in [0.2, 0.25) is 0 Å². The van der Waals surface area contributed by atoms with Crippen LogP contribution in [0.15, 0.2) is 24.3 Å². The number of amides is 1. The Labute approximate surface area is 144 Å². The average Bonchev–Trinajstić information content (AvgIpc) is 3.37. The highest BCUT2D eigenvalue weighted by atomic mass is 19.1. The highest BCUT2D eigenvalue weighted by Gasteiger charge is 2.28. The van der Waals surface area contributed by atoms with E-state index in [2.05, 4.69) is 10.4 Å². The molecule has 3 aromatic rings. The van der Waals surface area contributed by atoms with Gasteiger partial charge in [-0.05, 0) is 50.5 Å². The molecule has 1 amide bonds. The molecule has 2 heterocycles. The van der Waals surface area contributed by atoms with Crippen molar-refractivity contribution in [2.24, 2.45) is 7.05 Å². The summed E-state index contributed by atoms with van der Waals surface area (Å²) in [6, 6.07) is 6.23. The Hall–Kier alpha value is -2.76. The van der Waals surface area contributed by atoms with Gasteiger partial charge in [-0.3, -0.25) is 9.48 Å². The van der Waals surface area contributed by atoms with Crippen LogP contribution in [0.25, 0.3) is 11.0 Å². The van der Waals surface area contributed by atoms with E-state index in [4.69, 9.17) is 4.98 Å². The van der Waals surface area contributed by atoms with E-state index in [-0.39, 0.29) is 11.7 Å². The van der Waals surface area contributed by atoms with Crippen LogP contribution in [0.1, 0.15) is 46.1 Å². The molecule has 1 aromatic carbocycles. The second kappa shape index (κ2) is 5.65. The molecule has 0 spiro atoms. The molecule has 0 radical (unpaired) electrons. The smallest absolute Gasteiger partial charge is 0.256 e. The van der Waals surface area contributed by atoms with Crippen molar-refractivity contribution in [3.8, 4) is 0 Å². The number of hydrogen-bond acceptors (Lipinski definition) is 3. The second-order valence-electron chi connectivity index (χ2n) is 6.69. The van der Waals surface area contributed by atoms with E-state index in [9.17, 15) is 9.18 Å². The zero-order chi connectivity index (χ0) is 17.7. The molecular formula is C19H19FN4O. The van der Waals surface area contributed by atoms with Crippen molar-refractivity contribution in [3.63, 3.8) is 0 Å². The Morgan fingerprint density at radius 3 is 2.76 bits per heavy atom. The first kappa shape index (κ1) is 15.7. The number of anilines is 1. The normalized spacial score (nSPS) is 14.1. The highest BCUT2D eigenvalue weighted by Crippen LogP contribution is 2.40. The molecule has 1 N–H and O–H groups in total. The first-order valence-electron chi connectivity index (χ1n) is 8.36. The zero-order valence-corrected chi connectivity index (χ0v) is 14.4. The van der Waals surface area contributed by atoms with Crippen molar-refractivity contribution in [3.05, 3.63) is 52.6 Å². The van der Waals surface area contributed by atoms with E-state index >= 15 is 0 Å². The van der Waals surface area contributed by atoms with Crippen LogP contribution < -0.4 is 5.32 Å². The maximum Gasteiger partial charge on any atom is 0.256 e. The first-order chi connectivity index (χ1) is 11.9. The van der Waals surface area contributed by atoms with Gasteiger partial charge in [0.05, 0.1) is 16.6 Å². The summed E-state index contributed by atoms with van der Waals surface area (Å²) in [7, 11) is 1.83. The number of nitrogens with zero attached hydrogens (tertiary/aromatic N) is 3. The zero-order valence-electron chi connectivity index (χ0n) is 14.4. The number of nitrogens with one attached hydrogen (secondary N) is 1. The van der Waals surface area contributed by atoms with Gasteiger partial charge < -0.3 is 5.32 Å². The lowest BCUT2D eigenvalue weighted by Gasteiger charge is -2.11. The molecule has 0 atom stereocenters. The van der Waals surface area contributed by atoms with Gasteiger partial charge >= 0.3 is 0 Å². The second-order valence-corrected chi connectivity index (χ2v) is 6.69. The third kappa shape index (κ3) is 2.77. The van der Waals surface area contributed by atoms with Gasteiger partial charge in [-0.15, -0.1) is 0 Å². The van der Waals surface area contributed by atoms with Gasteiger partial charge in [-0.25, -0.2) is 9.37 Å². The van der Waals surface area contributed by atoms with Gasteiger partial charge in [0.1, 0.15) is 5.82 Å². The van der Waals surface area contributed by atoms with E-state index in [0.29, 0.717) is 22.8 Å². The largest absolute Gasteiger partial charge is 0.322 e. The molecule has 25 heavy (non-hydrogen) atoms. The fourth-order valence-corrected chi connectivity index (χ4v) is 3.15. The minimum atomic E-state index is -0.378. The molecule has 1 saturated carbocycles. The van der Waals surface area contributed by atoms with Gasteiger partial charge in [-0.2, -0.15) is 5.10 Å². The van der Waals surface area contributed by atoms with E-state index in [1.807, 2.05) is 27.0 Å². The molecule has 0 saturated heterocycles. The lowest BCUT2D eigenvalue weighted by molar-refractivity contribution is 0.102. The van der Waals surface area contributed by atoms with Gasteiger partial charge in [0.2, 0.25) is 0 Å². The van der Waals surface area contributed by atoms with Crippen molar-refractivity contribution in [1.29, 1.82) is 0 Å². The Morgan fingerprint density at radius 2 is 2.04 bits per heavy atom. The topological polar surface area (TPSA) is 59.8 Å². The van der Waals surface area contributed by atoms with Crippen molar-refractivity contribution in [1.82, 2.24) is 14.8 Å². The van der Waals surface area contributed by atoms with Crippen LogP contribution in [0.5, 0.6) is 0 Å². The molecule has 2 aromatic heterocycles. The molecule has 6 heteroatoms. The molecule has 128 valence electrons. The number of benzene rings is 1. The molecule has 1 aliphatic rings. The van der Waals surface area contributed by atoms with Crippen LogP contribution in [0.3, 0.4) is 0 Å². The summed E-state index contributed by atoms with van der Waals surface area (Å²) < 4.78 is 15.2. The SMILES string of the molecule is Cc1ccc(F)cc1NC(=O)c1cc(C2CC2)nc2c1c(C)nn2C. The summed E-state index contributed by atoms with van der Waals surface area (Å²) in [5, 5.41) is 7.99. The van der Waals surface area contributed by atoms with Crippen molar-refractivity contribution < 1.29 is 9.18 Å². The molecule has 0 unspecified atom stereocenters. The predicted octanol–water partition coefficient (Wildman–Crippen LogP) is 3.85. The van der Waals surface area contributed by atoms with E-state index in [1.54, 1.807) is 10.7 Å². The fourth-order valence-electron chi connectivity index (χ4n) is 3.15. The number of aryl methyl sites for hydroxylation is 3. The number of fused-ring (bicyclic) bond motifs is 1. The van der Waals surface area contributed by atoms with Crippen LogP contribution in [0, 0.1) is 19.7 Å². The lowest BCUT2D eigenvalue weighted by Crippen LogP contribution is -2.14. The molecule has 1 aliphatic carbocycles. The number of hydrogen-bond donors (Lipinski definition) is 1. The Bertz CT molecular complexity index is 1000. The maximum atomic E-state index is 13.5. The summed E-state index contributed by atoms with van der Waals surface area (Å²) in [6.45, 7) is 3.70. The standard InChI is InChI=1S/C19H19FN4O/c1-10-4-7-13(20)8-15(10)22-19(25)14-9-16(12-5-6-12)21-18-17(14)11(2)23-24(18)3/h4,7-9,12H,5-6H2,1-3H3,(H,22,25). The molecular weight excluding hydrogens is 319 g/mol. The van der Waals surface area contributed by atoms with Crippen molar-refractivity contribution in [2.75, 3.05) is 5.32 Å². The first-order valence-corrected chi connectivity index (χ1v) is 8.36. The molecule has 5 nitrogen and oxygen atoms in total. The number of aromatic nitrogens is 3. The number of halogens is 1. The third-order valence-corrected chi connectivity index (χ3v) is 4.68. The maximum absolute atomic E-state index is 13.5. The minimum absolute atomic E-state index is 0.265. The highest BCUT2D eigenvalue weighted by molar-refractivity contribution is 6.13. The molecule has 4 rings (SSSR count). The predicted molar refractivity (Wildman–Crippen MR) is 94.3 cm³/mol. The summed E-state index contributed by atoms with van der Waals surface area (Å²) in [5.41, 5.74) is 4.23. The van der Waals surface area contributed by atoms with Crippen LogP contribution in [-0.2, 0) is 7.05 Å². The minimum Gasteiger partial charge on any atom is -0.322 e. The van der Waals surface area contributed by atoms with Gasteiger partial charge in [-0.1, -0.05) is 6.07 Å². The van der Waals surface area contributed by atoms with E-state index < -0.39 is 0 Å². The van der Waals surface area contributed by atoms with Crippen LogP contribution in [-0.4, -0.2) is 20.7 Å². The van der Waals surface area contributed by atoms with Gasteiger partial charge in [0, 0.05) is 24.3 Å². The Kier molecular flexibility index (Phi) is 3.56. The summed E-state index contributed by atoms with van der Waals surface area (Å²) in [5.74, 6) is -0.224. The quantitative estimate of drug-likeness (QED) is 0.789. The monoisotopic (exact) mass is 338 g/mol. The van der Waals surface area contributed by atoms with E-state index in [1.165, 1.54) is 12.1 Å². The van der Waals surface area contributed by atoms with E-state index in [0.717, 1.165) is 35.2 Å².